The number of rotatable bonds is 5. The Morgan fingerprint density at radius 2 is 2.00 bits per heavy atom. The lowest BCUT2D eigenvalue weighted by atomic mass is 10.2. The molecule has 0 radical (unpaired) electrons. The second kappa shape index (κ2) is 5.75. The van der Waals surface area contributed by atoms with Crippen LogP contribution >= 0.6 is 11.6 Å². The summed E-state index contributed by atoms with van der Waals surface area (Å²) < 4.78 is 65.7. The van der Waals surface area contributed by atoms with Crippen LogP contribution in [-0.4, -0.2) is 21.0 Å². The van der Waals surface area contributed by atoms with Gasteiger partial charge in [0.15, 0.2) is 0 Å². The van der Waals surface area contributed by atoms with Gasteiger partial charge in [0.1, 0.15) is 4.90 Å². The number of sulfonamides is 1. The summed E-state index contributed by atoms with van der Waals surface area (Å²) in [5.74, 6) is 0.0709. The molecule has 0 saturated heterocycles. The number of halogens is 4. The van der Waals surface area contributed by atoms with Crippen molar-refractivity contribution in [3.63, 3.8) is 0 Å². The Bertz CT molecular complexity index is 630. The van der Waals surface area contributed by atoms with E-state index in [1.54, 1.807) is 0 Å². The van der Waals surface area contributed by atoms with Gasteiger partial charge < -0.3 is 5.73 Å². The first-order valence-corrected chi connectivity index (χ1v) is 8.11. The van der Waals surface area contributed by atoms with Crippen molar-refractivity contribution in [3.8, 4) is 0 Å². The molecule has 0 aliphatic heterocycles. The Balaban J connectivity index is 2.44. The number of hydrogen-bond acceptors (Lipinski definition) is 3. The molecular weight excluding hydrogens is 329 g/mol. The van der Waals surface area contributed by atoms with Gasteiger partial charge in [-0.1, -0.05) is 17.7 Å². The second-order valence-corrected chi connectivity index (χ2v) is 6.97. The van der Waals surface area contributed by atoms with E-state index < -0.39 is 37.7 Å². The Morgan fingerprint density at radius 1 is 1.38 bits per heavy atom. The summed E-state index contributed by atoms with van der Waals surface area (Å²) in [6.45, 7) is 0.0235. The van der Waals surface area contributed by atoms with Crippen LogP contribution in [0.25, 0.3) is 0 Å². The van der Waals surface area contributed by atoms with E-state index in [9.17, 15) is 21.6 Å². The average molecular weight is 343 g/mol. The lowest BCUT2D eigenvalue weighted by molar-refractivity contribution is -0.139. The summed E-state index contributed by atoms with van der Waals surface area (Å²) >= 11 is 5.69. The predicted molar refractivity (Wildman–Crippen MR) is 72.3 cm³/mol. The van der Waals surface area contributed by atoms with Crippen LogP contribution in [0.4, 0.5) is 13.2 Å². The quantitative estimate of drug-likeness (QED) is 0.863. The summed E-state index contributed by atoms with van der Waals surface area (Å²) in [5.41, 5.74) is 4.20. The molecule has 1 atom stereocenters. The van der Waals surface area contributed by atoms with Gasteiger partial charge in [0.05, 0.1) is 10.6 Å². The van der Waals surface area contributed by atoms with Gasteiger partial charge in [-0.2, -0.15) is 13.2 Å². The molecule has 0 amide bonds. The van der Waals surface area contributed by atoms with Crippen molar-refractivity contribution in [2.75, 3.05) is 6.54 Å². The molecule has 0 spiro atoms. The zero-order chi connectivity index (χ0) is 15.8. The van der Waals surface area contributed by atoms with Gasteiger partial charge in [-0.3, -0.25) is 0 Å². The Kier molecular flexibility index (Phi) is 4.53. The number of nitrogens with two attached hydrogens (primary N) is 1. The van der Waals surface area contributed by atoms with E-state index in [1.807, 2.05) is 0 Å². The molecule has 2 rings (SSSR count). The molecule has 1 fully saturated rings. The molecule has 1 aromatic carbocycles. The normalized spacial score (nSPS) is 17.8. The average Bonchev–Trinajstić information content (AvgIpc) is 3.18. The van der Waals surface area contributed by atoms with Crippen LogP contribution in [0.15, 0.2) is 23.1 Å². The second-order valence-electron chi connectivity index (χ2n) is 4.92. The van der Waals surface area contributed by atoms with Crippen LogP contribution < -0.4 is 10.5 Å². The van der Waals surface area contributed by atoms with Crippen molar-refractivity contribution in [2.24, 2.45) is 11.7 Å². The minimum atomic E-state index is -4.81. The maximum atomic E-state index is 13.0. The maximum Gasteiger partial charge on any atom is 0.417 e. The zero-order valence-corrected chi connectivity index (χ0v) is 12.4. The van der Waals surface area contributed by atoms with Crippen LogP contribution in [0.1, 0.15) is 18.4 Å². The first-order valence-electron chi connectivity index (χ1n) is 6.25. The summed E-state index contributed by atoms with van der Waals surface area (Å²) in [7, 11) is -4.40. The van der Waals surface area contributed by atoms with Crippen LogP contribution in [0.5, 0.6) is 0 Å². The molecule has 0 bridgehead atoms. The van der Waals surface area contributed by atoms with E-state index in [2.05, 4.69) is 4.72 Å². The van der Waals surface area contributed by atoms with Crippen molar-refractivity contribution in [1.82, 2.24) is 4.72 Å². The summed E-state index contributed by atoms with van der Waals surface area (Å²) in [6.07, 6.45) is -3.20. The van der Waals surface area contributed by atoms with Crippen LogP contribution in [0.2, 0.25) is 5.02 Å². The fourth-order valence-corrected chi connectivity index (χ4v) is 4.18. The Morgan fingerprint density at radius 3 is 2.48 bits per heavy atom. The van der Waals surface area contributed by atoms with Gasteiger partial charge in [0, 0.05) is 12.6 Å². The third kappa shape index (κ3) is 3.68. The summed E-state index contributed by atoms with van der Waals surface area (Å²) in [6, 6.07) is 2.29. The fraction of sp³-hybridized carbons (Fsp3) is 0.500. The highest BCUT2D eigenvalue weighted by Crippen LogP contribution is 2.38. The number of benzene rings is 1. The highest BCUT2D eigenvalue weighted by Gasteiger charge is 2.40. The van der Waals surface area contributed by atoms with E-state index in [1.165, 1.54) is 0 Å². The van der Waals surface area contributed by atoms with Gasteiger partial charge in [-0.25, -0.2) is 13.1 Å². The number of alkyl halides is 3. The maximum absolute atomic E-state index is 13.0. The molecule has 1 unspecified atom stereocenters. The molecule has 1 saturated carbocycles. The monoisotopic (exact) mass is 342 g/mol. The minimum Gasteiger partial charge on any atom is -0.329 e. The first-order chi connectivity index (χ1) is 9.66. The van der Waals surface area contributed by atoms with Crippen molar-refractivity contribution < 1.29 is 21.6 Å². The SMILES string of the molecule is NCC(NS(=O)(=O)c1c(Cl)cccc1C(F)(F)F)C1CC1. The van der Waals surface area contributed by atoms with Gasteiger partial charge in [0.2, 0.25) is 10.0 Å². The van der Waals surface area contributed by atoms with Crippen LogP contribution in [0.3, 0.4) is 0 Å². The van der Waals surface area contributed by atoms with Crippen molar-refractivity contribution in [2.45, 2.75) is 30.0 Å². The fourth-order valence-electron chi connectivity index (χ4n) is 2.10. The van der Waals surface area contributed by atoms with Crippen LogP contribution in [0, 0.1) is 5.92 Å². The number of hydrogen-bond donors (Lipinski definition) is 2. The van der Waals surface area contributed by atoms with E-state index in [-0.39, 0.29) is 12.5 Å². The van der Waals surface area contributed by atoms with Gasteiger partial charge in [0.25, 0.3) is 0 Å². The van der Waals surface area contributed by atoms with E-state index in [0.29, 0.717) is 6.07 Å². The Labute approximate surface area is 125 Å². The molecule has 0 aromatic heterocycles. The van der Waals surface area contributed by atoms with E-state index in [0.717, 1.165) is 25.0 Å². The Hall–Kier alpha value is -0.830. The standard InChI is InChI=1S/C12H14ClF3N2O2S/c13-9-3-1-2-8(12(14,15)16)11(9)21(19,20)18-10(6-17)7-4-5-7/h1-3,7,10,18H,4-6,17H2. The van der Waals surface area contributed by atoms with Crippen molar-refractivity contribution in [3.05, 3.63) is 28.8 Å². The van der Waals surface area contributed by atoms with Gasteiger partial charge >= 0.3 is 6.18 Å². The molecule has 1 aliphatic carbocycles. The molecule has 4 nitrogen and oxygen atoms in total. The molecule has 21 heavy (non-hydrogen) atoms. The number of nitrogens with one attached hydrogen (secondary N) is 1. The molecule has 1 aromatic rings. The zero-order valence-electron chi connectivity index (χ0n) is 10.8. The third-order valence-corrected chi connectivity index (χ3v) is 5.31. The minimum absolute atomic E-state index is 0.0235. The molecule has 3 N–H and O–H groups in total. The lowest BCUT2D eigenvalue weighted by Crippen LogP contribution is -2.42. The third-order valence-electron chi connectivity index (χ3n) is 3.29. The molecular formula is C12H14ClF3N2O2S. The molecule has 118 valence electrons. The van der Waals surface area contributed by atoms with Crippen molar-refractivity contribution in [1.29, 1.82) is 0 Å². The summed E-state index contributed by atoms with van der Waals surface area (Å²) in [4.78, 5) is -0.946. The molecule has 9 heteroatoms. The van der Waals surface area contributed by atoms with Gasteiger partial charge in [-0.05, 0) is 30.9 Å². The van der Waals surface area contributed by atoms with E-state index >= 15 is 0 Å². The van der Waals surface area contributed by atoms with Crippen LogP contribution in [-0.2, 0) is 16.2 Å². The van der Waals surface area contributed by atoms with Gasteiger partial charge in [-0.15, -0.1) is 0 Å². The first kappa shape index (κ1) is 16.5. The molecule has 0 heterocycles. The largest absolute Gasteiger partial charge is 0.417 e. The van der Waals surface area contributed by atoms with E-state index in [4.69, 9.17) is 17.3 Å². The van der Waals surface area contributed by atoms with Crippen molar-refractivity contribution >= 4 is 21.6 Å². The molecule has 1 aliphatic rings. The predicted octanol–water partition coefficient (Wildman–Crippen LogP) is 2.37. The topological polar surface area (TPSA) is 72.2 Å². The summed E-state index contributed by atoms with van der Waals surface area (Å²) in [5, 5.41) is -0.469. The highest BCUT2D eigenvalue weighted by molar-refractivity contribution is 7.89. The lowest BCUT2D eigenvalue weighted by Gasteiger charge is -2.19. The highest BCUT2D eigenvalue weighted by atomic mass is 35.5. The smallest absolute Gasteiger partial charge is 0.329 e.